The largest absolute Gasteiger partial charge is 0.384 e. The van der Waals surface area contributed by atoms with Crippen molar-refractivity contribution in [3.63, 3.8) is 0 Å². The van der Waals surface area contributed by atoms with Crippen LogP contribution in [0.4, 0.5) is 11.4 Å². The number of benzene rings is 1. The first-order valence-corrected chi connectivity index (χ1v) is 7.36. The summed E-state index contributed by atoms with van der Waals surface area (Å²) >= 11 is 2.00. The molecule has 17 heavy (non-hydrogen) atoms. The van der Waals surface area contributed by atoms with E-state index in [0.717, 1.165) is 6.54 Å². The van der Waals surface area contributed by atoms with Crippen LogP contribution in [0.3, 0.4) is 0 Å². The van der Waals surface area contributed by atoms with Gasteiger partial charge in [-0.1, -0.05) is 6.07 Å². The van der Waals surface area contributed by atoms with E-state index in [2.05, 4.69) is 55.7 Å². The van der Waals surface area contributed by atoms with Gasteiger partial charge in [0.2, 0.25) is 0 Å². The molecule has 2 rings (SSSR count). The Morgan fingerprint density at radius 1 is 1.35 bits per heavy atom. The highest BCUT2D eigenvalue weighted by Gasteiger charge is 2.41. The first-order chi connectivity index (χ1) is 8.06. The highest BCUT2D eigenvalue weighted by molar-refractivity contribution is 8.00. The molecular weight excluding hydrogens is 228 g/mol. The number of hydrogen-bond donors (Lipinski definition) is 1. The summed E-state index contributed by atoms with van der Waals surface area (Å²) < 4.78 is 0.517. The summed E-state index contributed by atoms with van der Waals surface area (Å²) in [6, 6.07) is 6.61. The lowest BCUT2D eigenvalue weighted by atomic mass is 10.1. The highest BCUT2D eigenvalue weighted by Crippen LogP contribution is 2.47. The van der Waals surface area contributed by atoms with Gasteiger partial charge in [-0.25, -0.2) is 0 Å². The first kappa shape index (κ1) is 12.6. The SMILES string of the molecule is CSC1(CNc2ccc(C)c(N(C)C)c2)CC1. The molecule has 1 fully saturated rings. The van der Waals surface area contributed by atoms with Gasteiger partial charge < -0.3 is 10.2 Å². The lowest BCUT2D eigenvalue weighted by Crippen LogP contribution is -2.18. The summed E-state index contributed by atoms with van der Waals surface area (Å²) in [7, 11) is 4.19. The topological polar surface area (TPSA) is 15.3 Å². The summed E-state index contributed by atoms with van der Waals surface area (Å²) in [6.07, 6.45) is 4.93. The molecule has 0 aromatic heterocycles. The summed E-state index contributed by atoms with van der Waals surface area (Å²) in [6.45, 7) is 3.24. The molecule has 0 aliphatic heterocycles. The van der Waals surface area contributed by atoms with Crippen molar-refractivity contribution < 1.29 is 0 Å². The normalized spacial score (nSPS) is 16.7. The number of rotatable bonds is 5. The molecule has 1 N–H and O–H groups in total. The van der Waals surface area contributed by atoms with Crippen LogP contribution in [0.25, 0.3) is 0 Å². The predicted octanol–water partition coefficient (Wildman–Crippen LogP) is 3.37. The van der Waals surface area contributed by atoms with Gasteiger partial charge in [0.25, 0.3) is 0 Å². The van der Waals surface area contributed by atoms with E-state index in [-0.39, 0.29) is 0 Å². The Morgan fingerprint density at radius 3 is 2.59 bits per heavy atom. The lowest BCUT2D eigenvalue weighted by Gasteiger charge is -2.19. The van der Waals surface area contributed by atoms with Crippen LogP contribution < -0.4 is 10.2 Å². The van der Waals surface area contributed by atoms with Crippen LogP contribution in [0, 0.1) is 6.92 Å². The number of anilines is 2. The highest BCUT2D eigenvalue weighted by atomic mass is 32.2. The van der Waals surface area contributed by atoms with Gasteiger partial charge in [-0.15, -0.1) is 0 Å². The molecule has 3 heteroatoms. The van der Waals surface area contributed by atoms with E-state index in [1.165, 1.54) is 29.8 Å². The van der Waals surface area contributed by atoms with Gasteiger partial charge in [0.1, 0.15) is 0 Å². The van der Waals surface area contributed by atoms with Crippen molar-refractivity contribution in [3.05, 3.63) is 23.8 Å². The molecule has 1 aromatic carbocycles. The van der Waals surface area contributed by atoms with Crippen LogP contribution in [0.2, 0.25) is 0 Å². The molecule has 0 atom stereocenters. The van der Waals surface area contributed by atoms with Crippen LogP contribution in [-0.4, -0.2) is 31.6 Å². The number of nitrogens with one attached hydrogen (secondary N) is 1. The Kier molecular flexibility index (Phi) is 3.57. The summed E-state index contributed by atoms with van der Waals surface area (Å²) in [5.74, 6) is 0. The number of thioether (sulfide) groups is 1. The van der Waals surface area contributed by atoms with Crippen LogP contribution in [0.5, 0.6) is 0 Å². The number of aryl methyl sites for hydroxylation is 1. The Labute approximate surface area is 109 Å². The molecule has 1 saturated carbocycles. The zero-order chi connectivity index (χ0) is 12.5. The zero-order valence-electron chi connectivity index (χ0n) is 11.2. The van der Waals surface area contributed by atoms with Crippen LogP contribution >= 0.6 is 11.8 Å². The van der Waals surface area contributed by atoms with Crippen molar-refractivity contribution in [2.75, 3.05) is 37.1 Å². The van der Waals surface area contributed by atoms with E-state index in [9.17, 15) is 0 Å². The molecule has 0 radical (unpaired) electrons. The molecule has 2 nitrogen and oxygen atoms in total. The minimum Gasteiger partial charge on any atom is -0.384 e. The molecule has 0 spiro atoms. The second kappa shape index (κ2) is 4.81. The Morgan fingerprint density at radius 2 is 2.06 bits per heavy atom. The number of nitrogens with zero attached hydrogens (tertiary/aromatic N) is 1. The van der Waals surface area contributed by atoms with Crippen molar-refractivity contribution in [1.82, 2.24) is 0 Å². The second-order valence-electron chi connectivity index (χ2n) is 5.14. The minimum absolute atomic E-state index is 0.517. The smallest absolute Gasteiger partial charge is 0.0411 e. The molecule has 94 valence electrons. The van der Waals surface area contributed by atoms with Gasteiger partial charge in [0.05, 0.1) is 0 Å². The lowest BCUT2D eigenvalue weighted by molar-refractivity contribution is 0.949. The monoisotopic (exact) mass is 250 g/mol. The standard InChI is InChI=1S/C14H22N2S/c1-11-5-6-12(9-13(11)16(2)3)15-10-14(17-4)7-8-14/h5-6,9,15H,7-8,10H2,1-4H3. The van der Waals surface area contributed by atoms with Gasteiger partial charge >= 0.3 is 0 Å². The van der Waals surface area contributed by atoms with Crippen molar-refractivity contribution in [1.29, 1.82) is 0 Å². The van der Waals surface area contributed by atoms with E-state index in [1.54, 1.807) is 0 Å². The third-order valence-electron chi connectivity index (χ3n) is 3.55. The maximum atomic E-state index is 3.57. The first-order valence-electron chi connectivity index (χ1n) is 6.13. The summed E-state index contributed by atoms with van der Waals surface area (Å²) in [5, 5.41) is 3.57. The van der Waals surface area contributed by atoms with E-state index < -0.39 is 0 Å². The van der Waals surface area contributed by atoms with Crippen LogP contribution in [-0.2, 0) is 0 Å². The molecule has 0 amide bonds. The summed E-state index contributed by atoms with van der Waals surface area (Å²) in [5.41, 5.74) is 3.86. The Bertz CT molecular complexity index is 397. The van der Waals surface area contributed by atoms with Crippen molar-refractivity contribution in [3.8, 4) is 0 Å². The average Bonchev–Trinajstić information content (AvgIpc) is 3.08. The van der Waals surface area contributed by atoms with Gasteiger partial charge in [0.15, 0.2) is 0 Å². The molecule has 1 aliphatic carbocycles. The molecule has 0 unspecified atom stereocenters. The Hall–Kier alpha value is -0.830. The van der Waals surface area contributed by atoms with Gasteiger partial charge in [-0.2, -0.15) is 11.8 Å². The van der Waals surface area contributed by atoms with E-state index in [0.29, 0.717) is 4.75 Å². The Balaban J connectivity index is 2.04. The quantitative estimate of drug-likeness (QED) is 0.862. The maximum Gasteiger partial charge on any atom is 0.0411 e. The van der Waals surface area contributed by atoms with Crippen LogP contribution in [0.15, 0.2) is 18.2 Å². The van der Waals surface area contributed by atoms with E-state index in [4.69, 9.17) is 0 Å². The zero-order valence-corrected chi connectivity index (χ0v) is 12.0. The van der Waals surface area contributed by atoms with E-state index in [1.807, 2.05) is 11.8 Å². The van der Waals surface area contributed by atoms with E-state index >= 15 is 0 Å². The fourth-order valence-electron chi connectivity index (χ4n) is 2.06. The predicted molar refractivity (Wildman–Crippen MR) is 79.5 cm³/mol. The molecule has 1 aliphatic rings. The molecule has 0 heterocycles. The van der Waals surface area contributed by atoms with Crippen LogP contribution in [0.1, 0.15) is 18.4 Å². The molecular formula is C14H22N2S. The fraction of sp³-hybridized carbons (Fsp3) is 0.571. The second-order valence-corrected chi connectivity index (χ2v) is 6.41. The number of hydrogen-bond acceptors (Lipinski definition) is 3. The molecule has 0 saturated heterocycles. The van der Waals surface area contributed by atoms with Crippen molar-refractivity contribution in [2.24, 2.45) is 0 Å². The average molecular weight is 250 g/mol. The van der Waals surface area contributed by atoms with Gasteiger partial charge in [0, 0.05) is 36.8 Å². The molecule has 0 bridgehead atoms. The van der Waals surface area contributed by atoms with Gasteiger partial charge in [-0.05, 0) is 43.7 Å². The summed E-state index contributed by atoms with van der Waals surface area (Å²) in [4.78, 5) is 2.17. The van der Waals surface area contributed by atoms with Crippen molar-refractivity contribution >= 4 is 23.1 Å². The third-order valence-corrected chi connectivity index (χ3v) is 4.96. The molecule has 1 aromatic rings. The fourth-order valence-corrected chi connectivity index (χ4v) is 2.78. The minimum atomic E-state index is 0.517. The van der Waals surface area contributed by atoms with Gasteiger partial charge in [-0.3, -0.25) is 0 Å². The maximum absolute atomic E-state index is 3.57. The van der Waals surface area contributed by atoms with Crippen molar-refractivity contribution in [2.45, 2.75) is 24.5 Å². The third kappa shape index (κ3) is 2.89.